The van der Waals surface area contributed by atoms with Crippen LogP contribution in [0.25, 0.3) is 0 Å². The summed E-state index contributed by atoms with van der Waals surface area (Å²) < 4.78 is 0. The third-order valence-electron chi connectivity index (χ3n) is 3.27. The molecule has 0 aromatic heterocycles. The predicted octanol–water partition coefficient (Wildman–Crippen LogP) is 3.33. The van der Waals surface area contributed by atoms with Crippen molar-refractivity contribution in [2.24, 2.45) is 0 Å². The summed E-state index contributed by atoms with van der Waals surface area (Å²) >= 11 is 2.07. The van der Waals surface area contributed by atoms with Crippen molar-refractivity contribution < 1.29 is 0 Å². The molecule has 1 atom stereocenters. The van der Waals surface area contributed by atoms with E-state index in [4.69, 9.17) is 0 Å². The van der Waals surface area contributed by atoms with Gasteiger partial charge in [0.25, 0.3) is 0 Å². The third kappa shape index (κ3) is 4.76. The van der Waals surface area contributed by atoms with Crippen LogP contribution in [0, 0.1) is 11.3 Å². The first kappa shape index (κ1) is 13.9. The fraction of sp³-hybridized carbons (Fsp3) is 0.923. The Balaban J connectivity index is 2.19. The summed E-state index contributed by atoms with van der Waals surface area (Å²) in [6.07, 6.45) is 7.63. The number of rotatable bonds is 7. The lowest BCUT2D eigenvalue weighted by molar-refractivity contribution is 0.437. The highest BCUT2D eigenvalue weighted by Crippen LogP contribution is 2.30. The molecule has 1 rings (SSSR count). The smallest absolute Gasteiger partial charge is 0.104 e. The first-order valence-corrected chi connectivity index (χ1v) is 7.53. The summed E-state index contributed by atoms with van der Waals surface area (Å²) in [5.74, 6) is 1.12. The molecule has 0 spiro atoms. The molecule has 1 fully saturated rings. The van der Waals surface area contributed by atoms with E-state index in [0.29, 0.717) is 0 Å². The van der Waals surface area contributed by atoms with Crippen molar-refractivity contribution in [2.75, 3.05) is 12.3 Å². The van der Waals surface area contributed by atoms with Crippen LogP contribution < -0.4 is 5.32 Å². The highest BCUT2D eigenvalue weighted by atomic mass is 32.2. The molecule has 2 nitrogen and oxygen atoms in total. The molecule has 1 unspecified atom stereocenters. The number of thioether (sulfide) groups is 1. The van der Waals surface area contributed by atoms with Gasteiger partial charge in [0.2, 0.25) is 0 Å². The number of nitrogens with zero attached hydrogens (tertiary/aromatic N) is 1. The summed E-state index contributed by atoms with van der Waals surface area (Å²) in [6.45, 7) is 5.11. The summed E-state index contributed by atoms with van der Waals surface area (Å²) in [6, 6.07) is 2.41. The van der Waals surface area contributed by atoms with E-state index in [1.165, 1.54) is 25.7 Å². The monoisotopic (exact) mass is 240 g/mol. The van der Waals surface area contributed by atoms with Gasteiger partial charge in [-0.15, -0.1) is 0 Å². The SMILES string of the molecule is CCCNC(C)(C#N)CCSC1CCCC1. The van der Waals surface area contributed by atoms with Crippen LogP contribution in [0.5, 0.6) is 0 Å². The van der Waals surface area contributed by atoms with E-state index in [-0.39, 0.29) is 5.54 Å². The normalized spacial score (nSPS) is 20.6. The lowest BCUT2D eigenvalue weighted by Crippen LogP contribution is -2.41. The molecule has 3 heteroatoms. The van der Waals surface area contributed by atoms with Crippen LogP contribution in [0.3, 0.4) is 0 Å². The quantitative estimate of drug-likeness (QED) is 0.741. The molecule has 1 aliphatic rings. The zero-order chi connectivity index (χ0) is 11.9. The zero-order valence-corrected chi connectivity index (χ0v) is 11.4. The molecule has 1 N–H and O–H groups in total. The highest BCUT2D eigenvalue weighted by molar-refractivity contribution is 7.99. The molecule has 16 heavy (non-hydrogen) atoms. The molecule has 0 aromatic rings. The van der Waals surface area contributed by atoms with Crippen LogP contribution in [0.1, 0.15) is 52.4 Å². The minimum absolute atomic E-state index is 0.318. The van der Waals surface area contributed by atoms with Crippen LogP contribution in [0.15, 0.2) is 0 Å². The Kier molecular flexibility index (Phi) is 6.23. The Morgan fingerprint density at radius 1 is 1.44 bits per heavy atom. The van der Waals surface area contributed by atoms with Crippen molar-refractivity contribution in [1.82, 2.24) is 5.32 Å². The Hall–Kier alpha value is -0.200. The van der Waals surface area contributed by atoms with Gasteiger partial charge in [-0.3, -0.25) is 5.32 Å². The van der Waals surface area contributed by atoms with Gasteiger partial charge >= 0.3 is 0 Å². The standard InChI is InChI=1S/C13H24N2S/c1-3-9-15-13(2,11-14)8-10-16-12-6-4-5-7-12/h12,15H,3-10H2,1-2H3. The molecule has 0 aliphatic heterocycles. The Morgan fingerprint density at radius 2 is 2.12 bits per heavy atom. The second kappa shape index (κ2) is 7.19. The number of nitriles is 1. The molecule has 0 bridgehead atoms. The van der Waals surface area contributed by atoms with E-state index in [9.17, 15) is 5.26 Å². The van der Waals surface area contributed by atoms with Gasteiger partial charge in [0, 0.05) is 5.25 Å². The van der Waals surface area contributed by atoms with Crippen molar-refractivity contribution >= 4 is 11.8 Å². The maximum atomic E-state index is 9.18. The summed E-state index contributed by atoms with van der Waals surface area (Å²) in [4.78, 5) is 0. The molecule has 0 aromatic carbocycles. The van der Waals surface area contributed by atoms with E-state index in [1.54, 1.807) is 0 Å². The van der Waals surface area contributed by atoms with Gasteiger partial charge < -0.3 is 0 Å². The minimum atomic E-state index is -0.318. The highest BCUT2D eigenvalue weighted by Gasteiger charge is 2.23. The van der Waals surface area contributed by atoms with E-state index >= 15 is 0 Å². The lowest BCUT2D eigenvalue weighted by Gasteiger charge is -2.23. The summed E-state index contributed by atoms with van der Waals surface area (Å²) in [5, 5.41) is 13.4. The van der Waals surface area contributed by atoms with Gasteiger partial charge in [-0.25, -0.2) is 0 Å². The average molecular weight is 240 g/mol. The van der Waals surface area contributed by atoms with Crippen LogP contribution in [-0.4, -0.2) is 23.1 Å². The van der Waals surface area contributed by atoms with Gasteiger partial charge in [0.15, 0.2) is 0 Å². The summed E-state index contributed by atoms with van der Waals surface area (Å²) in [5.41, 5.74) is -0.318. The van der Waals surface area contributed by atoms with Crippen LogP contribution in [0.4, 0.5) is 0 Å². The minimum Gasteiger partial charge on any atom is -0.300 e. The van der Waals surface area contributed by atoms with E-state index < -0.39 is 0 Å². The van der Waals surface area contributed by atoms with Gasteiger partial charge in [-0.1, -0.05) is 19.8 Å². The van der Waals surface area contributed by atoms with Gasteiger partial charge in [0.05, 0.1) is 6.07 Å². The first-order valence-electron chi connectivity index (χ1n) is 6.48. The van der Waals surface area contributed by atoms with Crippen molar-refractivity contribution in [3.05, 3.63) is 0 Å². The number of hydrogen-bond donors (Lipinski definition) is 1. The molecule has 1 aliphatic carbocycles. The van der Waals surface area contributed by atoms with Crippen LogP contribution >= 0.6 is 11.8 Å². The van der Waals surface area contributed by atoms with Crippen molar-refractivity contribution in [1.29, 1.82) is 5.26 Å². The molecule has 0 amide bonds. The fourth-order valence-electron chi connectivity index (χ4n) is 2.07. The molecule has 92 valence electrons. The topological polar surface area (TPSA) is 35.8 Å². The second-order valence-corrected chi connectivity index (χ2v) is 6.31. The average Bonchev–Trinajstić information content (AvgIpc) is 2.79. The summed E-state index contributed by atoms with van der Waals surface area (Å²) in [7, 11) is 0. The van der Waals surface area contributed by atoms with E-state index in [1.807, 2.05) is 6.92 Å². The number of hydrogen-bond acceptors (Lipinski definition) is 3. The van der Waals surface area contributed by atoms with Gasteiger partial charge in [0.1, 0.15) is 5.54 Å². The number of nitrogens with one attached hydrogen (secondary N) is 1. The molecular weight excluding hydrogens is 216 g/mol. The third-order valence-corrected chi connectivity index (χ3v) is 4.65. The maximum absolute atomic E-state index is 9.18. The second-order valence-electron chi connectivity index (χ2n) is 4.90. The lowest BCUT2D eigenvalue weighted by atomic mass is 10.0. The molecule has 0 heterocycles. The van der Waals surface area contributed by atoms with Crippen molar-refractivity contribution in [2.45, 2.75) is 63.2 Å². The van der Waals surface area contributed by atoms with Crippen molar-refractivity contribution in [3.8, 4) is 6.07 Å². The first-order chi connectivity index (χ1) is 7.70. The Bertz CT molecular complexity index is 231. The molecule has 1 saturated carbocycles. The van der Waals surface area contributed by atoms with Crippen LogP contribution in [0.2, 0.25) is 0 Å². The largest absolute Gasteiger partial charge is 0.300 e. The van der Waals surface area contributed by atoms with Gasteiger partial charge in [-0.2, -0.15) is 17.0 Å². The van der Waals surface area contributed by atoms with Crippen molar-refractivity contribution in [3.63, 3.8) is 0 Å². The zero-order valence-electron chi connectivity index (χ0n) is 10.6. The Morgan fingerprint density at radius 3 is 2.69 bits per heavy atom. The maximum Gasteiger partial charge on any atom is 0.104 e. The molecule has 0 saturated heterocycles. The van der Waals surface area contributed by atoms with E-state index in [2.05, 4.69) is 30.1 Å². The molecule has 0 radical (unpaired) electrons. The van der Waals surface area contributed by atoms with E-state index in [0.717, 1.165) is 30.4 Å². The molecular formula is C13H24N2S. The fourth-order valence-corrected chi connectivity index (χ4v) is 3.60. The predicted molar refractivity (Wildman–Crippen MR) is 71.6 cm³/mol. The van der Waals surface area contributed by atoms with Gasteiger partial charge in [-0.05, 0) is 44.9 Å². The Labute approximate surface area is 104 Å². The van der Waals surface area contributed by atoms with Crippen LogP contribution in [-0.2, 0) is 0 Å².